The third kappa shape index (κ3) is 2.56. The molecule has 0 aromatic heterocycles. The predicted octanol–water partition coefficient (Wildman–Crippen LogP) is 3.68. The summed E-state index contributed by atoms with van der Waals surface area (Å²) in [5.41, 5.74) is 8.48. The van der Waals surface area contributed by atoms with Gasteiger partial charge in [-0.3, -0.25) is 0 Å². The average molecular weight is 232 g/mol. The SMILES string of the molecule is CCCC1(CCC)CN(c2ccc(N)cc2)C1. The molecule has 1 heterocycles. The fourth-order valence-electron chi connectivity index (χ4n) is 3.13. The highest BCUT2D eigenvalue weighted by atomic mass is 15.2. The van der Waals surface area contributed by atoms with Crippen molar-refractivity contribution in [3.8, 4) is 0 Å². The molecule has 0 unspecified atom stereocenters. The Morgan fingerprint density at radius 2 is 1.59 bits per heavy atom. The first kappa shape index (κ1) is 12.3. The molecule has 2 N–H and O–H groups in total. The molecule has 0 bridgehead atoms. The van der Waals surface area contributed by atoms with Gasteiger partial charge in [-0.2, -0.15) is 0 Å². The van der Waals surface area contributed by atoms with Crippen LogP contribution in [0.15, 0.2) is 24.3 Å². The minimum absolute atomic E-state index is 0.588. The Hall–Kier alpha value is -1.18. The van der Waals surface area contributed by atoms with Crippen LogP contribution in [0, 0.1) is 5.41 Å². The van der Waals surface area contributed by atoms with E-state index in [1.54, 1.807) is 0 Å². The second-order valence-corrected chi connectivity index (χ2v) is 5.45. The molecule has 2 heteroatoms. The predicted molar refractivity (Wildman–Crippen MR) is 75.3 cm³/mol. The molecule has 0 radical (unpaired) electrons. The van der Waals surface area contributed by atoms with Crippen molar-refractivity contribution in [1.29, 1.82) is 0 Å². The maximum absolute atomic E-state index is 5.72. The van der Waals surface area contributed by atoms with Gasteiger partial charge in [-0.25, -0.2) is 0 Å². The number of nitrogens with zero attached hydrogens (tertiary/aromatic N) is 1. The Balaban J connectivity index is 1.98. The summed E-state index contributed by atoms with van der Waals surface area (Å²) >= 11 is 0. The van der Waals surface area contributed by atoms with Gasteiger partial charge in [0.1, 0.15) is 0 Å². The zero-order valence-corrected chi connectivity index (χ0v) is 11.1. The molecule has 1 aromatic carbocycles. The van der Waals surface area contributed by atoms with E-state index in [1.165, 1.54) is 44.5 Å². The van der Waals surface area contributed by atoms with Gasteiger partial charge in [0, 0.05) is 29.9 Å². The van der Waals surface area contributed by atoms with Crippen LogP contribution < -0.4 is 10.6 Å². The fourth-order valence-corrected chi connectivity index (χ4v) is 3.13. The first-order chi connectivity index (χ1) is 8.19. The zero-order valence-electron chi connectivity index (χ0n) is 11.1. The summed E-state index contributed by atoms with van der Waals surface area (Å²) in [6, 6.07) is 8.26. The number of anilines is 2. The number of hydrogen-bond donors (Lipinski definition) is 1. The Kier molecular flexibility index (Phi) is 3.60. The molecule has 0 atom stereocenters. The van der Waals surface area contributed by atoms with Gasteiger partial charge < -0.3 is 10.6 Å². The Morgan fingerprint density at radius 3 is 2.06 bits per heavy atom. The van der Waals surface area contributed by atoms with Crippen molar-refractivity contribution >= 4 is 11.4 Å². The van der Waals surface area contributed by atoms with Crippen molar-refractivity contribution in [2.24, 2.45) is 5.41 Å². The van der Waals surface area contributed by atoms with Crippen LogP contribution in [0.2, 0.25) is 0 Å². The summed E-state index contributed by atoms with van der Waals surface area (Å²) in [6.45, 7) is 7.03. The average Bonchev–Trinajstić information content (AvgIpc) is 2.27. The highest BCUT2D eigenvalue weighted by Gasteiger charge is 2.41. The lowest BCUT2D eigenvalue weighted by atomic mass is 9.72. The minimum Gasteiger partial charge on any atom is -0.399 e. The van der Waals surface area contributed by atoms with Crippen LogP contribution in [0.25, 0.3) is 0 Å². The molecule has 2 rings (SSSR count). The Bertz CT molecular complexity index is 342. The Labute approximate surface area is 105 Å². The molecule has 1 aromatic rings. The second-order valence-electron chi connectivity index (χ2n) is 5.45. The van der Waals surface area contributed by atoms with E-state index < -0.39 is 0 Å². The minimum atomic E-state index is 0.588. The molecule has 94 valence electrons. The molecule has 2 nitrogen and oxygen atoms in total. The lowest BCUT2D eigenvalue weighted by molar-refractivity contribution is 0.173. The van der Waals surface area contributed by atoms with Crippen molar-refractivity contribution in [3.05, 3.63) is 24.3 Å². The number of hydrogen-bond acceptors (Lipinski definition) is 2. The topological polar surface area (TPSA) is 29.3 Å². The highest BCUT2D eigenvalue weighted by molar-refractivity contribution is 5.55. The van der Waals surface area contributed by atoms with Crippen LogP contribution in [0.1, 0.15) is 39.5 Å². The van der Waals surface area contributed by atoms with Gasteiger partial charge in [-0.15, -0.1) is 0 Å². The van der Waals surface area contributed by atoms with Crippen LogP contribution in [0.5, 0.6) is 0 Å². The summed E-state index contributed by atoms with van der Waals surface area (Å²) in [5, 5.41) is 0. The first-order valence-electron chi connectivity index (χ1n) is 6.79. The van der Waals surface area contributed by atoms with Crippen molar-refractivity contribution < 1.29 is 0 Å². The molecule has 1 saturated heterocycles. The van der Waals surface area contributed by atoms with E-state index in [-0.39, 0.29) is 0 Å². The standard InChI is InChI=1S/C15H24N2/c1-3-9-15(10-4-2)11-17(12-15)14-7-5-13(16)6-8-14/h5-8H,3-4,9-12,16H2,1-2H3. The molecule has 0 spiro atoms. The monoisotopic (exact) mass is 232 g/mol. The van der Waals surface area contributed by atoms with Gasteiger partial charge in [0.25, 0.3) is 0 Å². The lowest BCUT2D eigenvalue weighted by Gasteiger charge is -2.52. The molecule has 1 aliphatic heterocycles. The van der Waals surface area contributed by atoms with Gasteiger partial charge in [-0.05, 0) is 37.1 Å². The Morgan fingerprint density at radius 1 is 1.06 bits per heavy atom. The summed E-state index contributed by atoms with van der Waals surface area (Å²) in [7, 11) is 0. The van der Waals surface area contributed by atoms with E-state index in [4.69, 9.17) is 5.73 Å². The number of nitrogen functional groups attached to an aromatic ring is 1. The van der Waals surface area contributed by atoms with Crippen molar-refractivity contribution in [2.45, 2.75) is 39.5 Å². The van der Waals surface area contributed by atoms with Gasteiger partial charge in [0.15, 0.2) is 0 Å². The fraction of sp³-hybridized carbons (Fsp3) is 0.600. The number of benzene rings is 1. The smallest absolute Gasteiger partial charge is 0.0368 e. The number of rotatable bonds is 5. The molecule has 0 saturated carbocycles. The summed E-state index contributed by atoms with van der Waals surface area (Å²) in [5.74, 6) is 0. The summed E-state index contributed by atoms with van der Waals surface area (Å²) in [6.07, 6.45) is 5.34. The second kappa shape index (κ2) is 4.99. The van der Waals surface area contributed by atoms with E-state index in [2.05, 4.69) is 30.9 Å². The van der Waals surface area contributed by atoms with Gasteiger partial charge in [-0.1, -0.05) is 26.7 Å². The van der Waals surface area contributed by atoms with E-state index in [1.807, 2.05) is 12.1 Å². The van der Waals surface area contributed by atoms with E-state index >= 15 is 0 Å². The van der Waals surface area contributed by atoms with Crippen molar-refractivity contribution in [1.82, 2.24) is 0 Å². The molecule has 0 amide bonds. The van der Waals surface area contributed by atoms with Crippen LogP contribution >= 0.6 is 0 Å². The normalized spacial score (nSPS) is 17.9. The van der Waals surface area contributed by atoms with E-state index in [9.17, 15) is 0 Å². The van der Waals surface area contributed by atoms with Crippen molar-refractivity contribution in [2.75, 3.05) is 23.7 Å². The molecule has 1 fully saturated rings. The molecule has 0 aliphatic carbocycles. The van der Waals surface area contributed by atoms with Gasteiger partial charge >= 0.3 is 0 Å². The maximum Gasteiger partial charge on any atom is 0.0368 e. The molecule has 1 aliphatic rings. The van der Waals surface area contributed by atoms with E-state index in [0.29, 0.717) is 5.41 Å². The van der Waals surface area contributed by atoms with Crippen LogP contribution in [0.3, 0.4) is 0 Å². The third-order valence-corrected chi connectivity index (χ3v) is 3.87. The van der Waals surface area contributed by atoms with E-state index in [0.717, 1.165) is 5.69 Å². The largest absolute Gasteiger partial charge is 0.399 e. The lowest BCUT2D eigenvalue weighted by Crippen LogP contribution is -2.56. The van der Waals surface area contributed by atoms with Gasteiger partial charge in [0.2, 0.25) is 0 Å². The molecular formula is C15H24N2. The van der Waals surface area contributed by atoms with Gasteiger partial charge in [0.05, 0.1) is 0 Å². The maximum atomic E-state index is 5.72. The molecule has 17 heavy (non-hydrogen) atoms. The molecular weight excluding hydrogens is 208 g/mol. The van der Waals surface area contributed by atoms with Crippen LogP contribution in [-0.2, 0) is 0 Å². The third-order valence-electron chi connectivity index (χ3n) is 3.87. The quantitative estimate of drug-likeness (QED) is 0.785. The summed E-state index contributed by atoms with van der Waals surface area (Å²) in [4.78, 5) is 2.48. The summed E-state index contributed by atoms with van der Waals surface area (Å²) < 4.78 is 0. The van der Waals surface area contributed by atoms with Crippen LogP contribution in [0.4, 0.5) is 11.4 Å². The zero-order chi connectivity index (χ0) is 12.3. The number of nitrogens with two attached hydrogens (primary N) is 1. The highest BCUT2D eigenvalue weighted by Crippen LogP contribution is 2.41. The first-order valence-corrected chi connectivity index (χ1v) is 6.79. The van der Waals surface area contributed by atoms with Crippen molar-refractivity contribution in [3.63, 3.8) is 0 Å². The van der Waals surface area contributed by atoms with Crippen LogP contribution in [-0.4, -0.2) is 13.1 Å².